The van der Waals surface area contributed by atoms with Gasteiger partial charge in [-0.25, -0.2) is 0 Å². The van der Waals surface area contributed by atoms with Crippen LogP contribution in [0.15, 0.2) is 89.2 Å². The Morgan fingerprint density at radius 2 is 1.67 bits per heavy atom. The number of amides is 1. The first-order valence-corrected chi connectivity index (χ1v) is 9.39. The molecular weight excluding hydrogens is 404 g/mol. The van der Waals surface area contributed by atoms with E-state index in [0.717, 1.165) is 21.3 Å². The number of nitrogens with zero attached hydrogens (tertiary/aromatic N) is 2. The predicted molar refractivity (Wildman–Crippen MR) is 108 cm³/mol. The number of benzene rings is 2. The van der Waals surface area contributed by atoms with Crippen LogP contribution < -0.4 is 0 Å². The van der Waals surface area contributed by atoms with Gasteiger partial charge in [0.2, 0.25) is 0 Å². The van der Waals surface area contributed by atoms with Crippen molar-refractivity contribution in [1.82, 2.24) is 9.88 Å². The molecule has 1 aliphatic rings. The van der Waals surface area contributed by atoms with E-state index in [4.69, 9.17) is 0 Å². The van der Waals surface area contributed by atoms with Crippen molar-refractivity contribution in [3.63, 3.8) is 0 Å². The Balaban J connectivity index is 1.81. The molecule has 1 aromatic heterocycles. The smallest absolute Gasteiger partial charge is 0.290 e. The molecule has 2 aromatic carbocycles. The molecule has 0 fully saturated rings. The Hall–Kier alpha value is -2.92. The third-order valence-electron chi connectivity index (χ3n) is 4.63. The van der Waals surface area contributed by atoms with E-state index in [2.05, 4.69) is 20.9 Å². The quantitative estimate of drug-likeness (QED) is 0.652. The van der Waals surface area contributed by atoms with E-state index in [1.54, 1.807) is 11.1 Å². The van der Waals surface area contributed by atoms with Crippen LogP contribution in [0.4, 0.5) is 0 Å². The topological polar surface area (TPSA) is 53.4 Å². The number of carbonyl (C=O) groups is 1. The molecule has 0 saturated heterocycles. The third-order valence-corrected chi connectivity index (χ3v) is 5.16. The fourth-order valence-electron chi connectivity index (χ4n) is 3.39. The molecule has 2 heterocycles. The number of hydrogen-bond acceptors (Lipinski definition) is 3. The van der Waals surface area contributed by atoms with Crippen molar-refractivity contribution in [2.75, 3.05) is 0 Å². The van der Waals surface area contributed by atoms with E-state index in [9.17, 15) is 9.90 Å². The van der Waals surface area contributed by atoms with E-state index >= 15 is 0 Å². The van der Waals surface area contributed by atoms with Gasteiger partial charge in [0.15, 0.2) is 5.76 Å². The maximum absolute atomic E-state index is 12.9. The first-order chi connectivity index (χ1) is 13.1. The summed E-state index contributed by atoms with van der Waals surface area (Å²) in [6.07, 6.45) is 1.70. The second-order valence-electron chi connectivity index (χ2n) is 6.34. The molecule has 0 spiro atoms. The van der Waals surface area contributed by atoms with E-state index < -0.39 is 0 Å². The van der Waals surface area contributed by atoms with Gasteiger partial charge in [-0.15, -0.1) is 0 Å². The van der Waals surface area contributed by atoms with Crippen LogP contribution in [-0.4, -0.2) is 20.9 Å². The number of carbonyl (C=O) groups excluding carboxylic acids is 1. The minimum atomic E-state index is -0.382. The minimum absolute atomic E-state index is 0.204. The van der Waals surface area contributed by atoms with Gasteiger partial charge in [-0.3, -0.25) is 9.78 Å². The largest absolute Gasteiger partial charge is 0.503 e. The SMILES string of the molecule is O=C1C(O)=C(c2ccccc2)[C@@H](c2ccc(Br)cc2)N1Cc1ccccn1. The predicted octanol–water partition coefficient (Wildman–Crippen LogP) is 4.90. The molecule has 0 bridgehead atoms. The zero-order valence-electron chi connectivity index (χ0n) is 14.4. The molecule has 0 saturated carbocycles. The number of hydrogen-bond donors (Lipinski definition) is 1. The summed E-state index contributed by atoms with van der Waals surface area (Å²) < 4.78 is 0.960. The molecule has 134 valence electrons. The molecule has 1 N–H and O–H groups in total. The van der Waals surface area contributed by atoms with Gasteiger partial charge in [0.25, 0.3) is 5.91 Å². The first kappa shape index (κ1) is 17.5. The van der Waals surface area contributed by atoms with Gasteiger partial charge in [0, 0.05) is 16.2 Å². The maximum atomic E-state index is 12.9. The highest BCUT2D eigenvalue weighted by Gasteiger charge is 2.41. The van der Waals surface area contributed by atoms with Gasteiger partial charge in [-0.2, -0.15) is 0 Å². The molecule has 1 amide bonds. The lowest BCUT2D eigenvalue weighted by Gasteiger charge is -2.27. The van der Waals surface area contributed by atoms with Crippen molar-refractivity contribution < 1.29 is 9.90 Å². The lowest BCUT2D eigenvalue weighted by atomic mass is 9.93. The monoisotopic (exact) mass is 420 g/mol. The summed E-state index contributed by atoms with van der Waals surface area (Å²) >= 11 is 3.45. The van der Waals surface area contributed by atoms with Crippen LogP contribution in [0.3, 0.4) is 0 Å². The third kappa shape index (κ3) is 3.38. The molecule has 4 rings (SSSR count). The van der Waals surface area contributed by atoms with Gasteiger partial charge in [0.05, 0.1) is 18.3 Å². The van der Waals surface area contributed by atoms with Gasteiger partial charge < -0.3 is 10.0 Å². The number of pyridine rings is 1. The summed E-state index contributed by atoms with van der Waals surface area (Å²) in [6, 6.07) is 22.6. The molecule has 0 unspecified atom stereocenters. The van der Waals surface area contributed by atoms with Crippen LogP contribution in [0.1, 0.15) is 22.9 Å². The van der Waals surface area contributed by atoms with Crippen LogP contribution in [-0.2, 0) is 11.3 Å². The second-order valence-corrected chi connectivity index (χ2v) is 7.25. The van der Waals surface area contributed by atoms with Gasteiger partial charge in [-0.1, -0.05) is 64.5 Å². The van der Waals surface area contributed by atoms with E-state index in [0.29, 0.717) is 12.1 Å². The molecule has 1 atom stereocenters. The van der Waals surface area contributed by atoms with Gasteiger partial charge in [-0.05, 0) is 35.4 Å². The average Bonchev–Trinajstić information content (AvgIpc) is 2.95. The lowest BCUT2D eigenvalue weighted by molar-refractivity contribution is -0.130. The van der Waals surface area contributed by atoms with E-state index in [1.165, 1.54) is 0 Å². The summed E-state index contributed by atoms with van der Waals surface area (Å²) in [4.78, 5) is 18.9. The molecule has 0 radical (unpaired) electrons. The van der Waals surface area contributed by atoms with Crippen LogP contribution >= 0.6 is 15.9 Å². The van der Waals surface area contributed by atoms with Crippen LogP contribution in [0.25, 0.3) is 5.57 Å². The fraction of sp³-hybridized carbons (Fsp3) is 0.0909. The fourth-order valence-corrected chi connectivity index (χ4v) is 3.65. The van der Waals surface area contributed by atoms with Crippen LogP contribution in [0.2, 0.25) is 0 Å². The second kappa shape index (κ2) is 7.37. The van der Waals surface area contributed by atoms with Crippen molar-refractivity contribution in [1.29, 1.82) is 0 Å². The number of aromatic nitrogens is 1. The maximum Gasteiger partial charge on any atom is 0.290 e. The molecular formula is C22H17BrN2O2. The number of rotatable bonds is 4. The van der Waals surface area contributed by atoms with E-state index in [1.807, 2.05) is 72.8 Å². The van der Waals surface area contributed by atoms with Crippen molar-refractivity contribution in [3.05, 3.63) is 106 Å². The highest BCUT2D eigenvalue weighted by molar-refractivity contribution is 9.10. The Kier molecular flexibility index (Phi) is 4.77. The summed E-state index contributed by atoms with van der Waals surface area (Å²) in [5, 5.41) is 10.7. The zero-order valence-corrected chi connectivity index (χ0v) is 16.0. The number of aliphatic hydroxyl groups is 1. The summed E-state index contributed by atoms with van der Waals surface area (Å²) in [7, 11) is 0. The lowest BCUT2D eigenvalue weighted by Crippen LogP contribution is -2.30. The van der Waals surface area contributed by atoms with Crippen molar-refractivity contribution in [3.8, 4) is 0 Å². The Bertz CT molecular complexity index is 986. The standard InChI is InChI=1S/C22H17BrN2O2/c23-17-11-9-16(10-12-17)20-19(15-6-2-1-3-7-15)21(26)22(27)25(20)14-18-8-4-5-13-24-18/h1-13,20,26H,14H2/t20-/m1/s1. The van der Waals surface area contributed by atoms with Crippen molar-refractivity contribution in [2.24, 2.45) is 0 Å². The summed E-state index contributed by atoms with van der Waals surface area (Å²) in [6.45, 7) is 0.320. The van der Waals surface area contributed by atoms with Crippen molar-refractivity contribution >= 4 is 27.4 Å². The average molecular weight is 421 g/mol. The first-order valence-electron chi connectivity index (χ1n) is 8.60. The molecule has 0 aliphatic carbocycles. The molecule has 4 nitrogen and oxygen atoms in total. The van der Waals surface area contributed by atoms with Crippen molar-refractivity contribution in [2.45, 2.75) is 12.6 Å². The minimum Gasteiger partial charge on any atom is -0.503 e. The molecule has 27 heavy (non-hydrogen) atoms. The summed E-state index contributed by atoms with van der Waals surface area (Å²) in [5.41, 5.74) is 3.17. The Morgan fingerprint density at radius 3 is 2.33 bits per heavy atom. The Morgan fingerprint density at radius 1 is 0.963 bits per heavy atom. The zero-order chi connectivity index (χ0) is 18.8. The van der Waals surface area contributed by atoms with Gasteiger partial charge >= 0.3 is 0 Å². The number of halogens is 1. The summed E-state index contributed by atoms with van der Waals surface area (Å²) in [5.74, 6) is -0.586. The number of aliphatic hydroxyl groups excluding tert-OH is 1. The van der Waals surface area contributed by atoms with E-state index in [-0.39, 0.29) is 17.7 Å². The van der Waals surface area contributed by atoms with Gasteiger partial charge in [0.1, 0.15) is 0 Å². The normalized spacial score (nSPS) is 16.9. The highest BCUT2D eigenvalue weighted by Crippen LogP contribution is 2.43. The molecule has 1 aliphatic heterocycles. The van der Waals surface area contributed by atoms with Crippen LogP contribution in [0, 0.1) is 0 Å². The van der Waals surface area contributed by atoms with Crippen LogP contribution in [0.5, 0.6) is 0 Å². The highest BCUT2D eigenvalue weighted by atomic mass is 79.9. The Labute approximate surface area is 165 Å². The molecule has 3 aromatic rings. The molecule has 5 heteroatoms.